The standard InChI is InChI=1S/C6H11N2OP/c7-10(8,9)6-4-2-1-3-5-6/h1-2,4H,3,5H2,(H4,7,8,9). The third kappa shape index (κ3) is 1.81. The quantitative estimate of drug-likeness (QED) is 0.565. The molecule has 4 heteroatoms. The van der Waals surface area contributed by atoms with E-state index in [-0.39, 0.29) is 0 Å². The minimum absolute atomic E-state index is 0.690. The lowest BCUT2D eigenvalue weighted by molar-refractivity contribution is 0.579. The topological polar surface area (TPSA) is 69.1 Å². The van der Waals surface area contributed by atoms with Crippen LogP contribution in [0.25, 0.3) is 0 Å². The molecule has 0 amide bonds. The summed E-state index contributed by atoms with van der Waals surface area (Å²) >= 11 is 0. The maximum absolute atomic E-state index is 11.0. The summed E-state index contributed by atoms with van der Waals surface area (Å²) in [4.78, 5) is 0. The van der Waals surface area contributed by atoms with E-state index >= 15 is 0 Å². The zero-order chi connectivity index (χ0) is 7.61. The zero-order valence-corrected chi connectivity index (χ0v) is 6.55. The van der Waals surface area contributed by atoms with Crippen molar-refractivity contribution in [3.8, 4) is 0 Å². The highest BCUT2D eigenvalue weighted by Gasteiger charge is 2.15. The van der Waals surface area contributed by atoms with E-state index in [2.05, 4.69) is 0 Å². The van der Waals surface area contributed by atoms with Crippen LogP contribution < -0.4 is 11.0 Å². The van der Waals surface area contributed by atoms with E-state index < -0.39 is 7.44 Å². The zero-order valence-electron chi connectivity index (χ0n) is 5.66. The van der Waals surface area contributed by atoms with Crippen molar-refractivity contribution in [3.63, 3.8) is 0 Å². The van der Waals surface area contributed by atoms with Gasteiger partial charge in [-0.05, 0) is 12.8 Å². The number of nitrogens with two attached hydrogens (primary N) is 2. The van der Waals surface area contributed by atoms with E-state index in [1.54, 1.807) is 6.08 Å². The third-order valence-electron chi connectivity index (χ3n) is 1.44. The van der Waals surface area contributed by atoms with Gasteiger partial charge in [-0.3, -0.25) is 15.6 Å². The molecule has 4 N–H and O–H groups in total. The van der Waals surface area contributed by atoms with Crippen LogP contribution >= 0.6 is 7.44 Å². The van der Waals surface area contributed by atoms with E-state index in [9.17, 15) is 4.57 Å². The van der Waals surface area contributed by atoms with Crippen LogP contribution in [0.4, 0.5) is 0 Å². The molecule has 0 saturated heterocycles. The van der Waals surface area contributed by atoms with Gasteiger partial charge in [0.15, 0.2) is 0 Å². The Morgan fingerprint density at radius 1 is 1.50 bits per heavy atom. The minimum Gasteiger partial charge on any atom is -0.285 e. The van der Waals surface area contributed by atoms with Gasteiger partial charge in [-0.15, -0.1) is 0 Å². The van der Waals surface area contributed by atoms with Crippen LogP contribution in [0.3, 0.4) is 0 Å². The maximum Gasteiger partial charge on any atom is 0.231 e. The predicted molar refractivity (Wildman–Crippen MR) is 42.4 cm³/mol. The fraction of sp³-hybridized carbons (Fsp3) is 0.333. The molecule has 0 aromatic heterocycles. The van der Waals surface area contributed by atoms with E-state index in [4.69, 9.17) is 11.0 Å². The molecule has 0 bridgehead atoms. The van der Waals surface area contributed by atoms with Crippen LogP contribution in [0.1, 0.15) is 12.8 Å². The van der Waals surface area contributed by atoms with Gasteiger partial charge in [0.1, 0.15) is 0 Å². The molecule has 0 saturated carbocycles. The first kappa shape index (κ1) is 7.73. The van der Waals surface area contributed by atoms with Gasteiger partial charge < -0.3 is 0 Å². The minimum atomic E-state index is -2.93. The van der Waals surface area contributed by atoms with Crippen LogP contribution in [0.2, 0.25) is 0 Å². The highest BCUT2D eigenvalue weighted by molar-refractivity contribution is 7.63. The molecule has 0 radical (unpaired) electrons. The number of allylic oxidation sites excluding steroid dienone is 4. The molecule has 0 spiro atoms. The summed E-state index contributed by atoms with van der Waals surface area (Å²) in [5.41, 5.74) is 10.5. The second-order valence-corrected chi connectivity index (χ2v) is 4.33. The molecular weight excluding hydrogens is 147 g/mol. The van der Waals surface area contributed by atoms with E-state index in [1.165, 1.54) is 0 Å². The Kier molecular flexibility index (Phi) is 2.09. The number of hydrogen-bond acceptors (Lipinski definition) is 1. The van der Waals surface area contributed by atoms with Crippen LogP contribution in [-0.2, 0) is 4.57 Å². The normalized spacial score (nSPS) is 18.8. The summed E-state index contributed by atoms with van der Waals surface area (Å²) in [6.07, 6.45) is 7.21. The molecule has 0 unspecified atom stereocenters. The average molecular weight is 158 g/mol. The lowest BCUT2D eigenvalue weighted by Gasteiger charge is -2.11. The Balaban J connectivity index is 2.82. The molecule has 0 atom stereocenters. The Hall–Kier alpha value is -0.370. The molecule has 0 aromatic carbocycles. The Bertz CT molecular complexity index is 226. The highest BCUT2D eigenvalue weighted by atomic mass is 31.2. The Morgan fingerprint density at radius 2 is 2.20 bits per heavy atom. The van der Waals surface area contributed by atoms with Crippen molar-refractivity contribution in [2.75, 3.05) is 0 Å². The van der Waals surface area contributed by atoms with Gasteiger partial charge in [0.05, 0.1) is 0 Å². The molecule has 1 rings (SSSR count). The lowest BCUT2D eigenvalue weighted by Crippen LogP contribution is -2.07. The third-order valence-corrected chi connectivity index (χ3v) is 2.71. The fourth-order valence-electron chi connectivity index (χ4n) is 0.881. The van der Waals surface area contributed by atoms with Crippen LogP contribution in [-0.4, -0.2) is 0 Å². The van der Waals surface area contributed by atoms with Gasteiger partial charge in [-0.2, -0.15) is 0 Å². The van der Waals surface area contributed by atoms with Gasteiger partial charge in [-0.1, -0.05) is 18.2 Å². The van der Waals surface area contributed by atoms with Crippen molar-refractivity contribution in [1.29, 1.82) is 0 Å². The first-order valence-corrected chi connectivity index (χ1v) is 4.98. The van der Waals surface area contributed by atoms with Crippen LogP contribution in [0.5, 0.6) is 0 Å². The number of hydrogen-bond donors (Lipinski definition) is 2. The first-order chi connectivity index (χ1) is 4.61. The second kappa shape index (κ2) is 2.70. The summed E-state index contributed by atoms with van der Waals surface area (Å²) < 4.78 is 11.0. The van der Waals surface area contributed by atoms with Crippen molar-refractivity contribution < 1.29 is 4.57 Å². The monoisotopic (exact) mass is 158 g/mol. The molecule has 0 fully saturated rings. The maximum atomic E-state index is 11.0. The van der Waals surface area contributed by atoms with Gasteiger partial charge in [-0.25, -0.2) is 0 Å². The van der Waals surface area contributed by atoms with Crippen molar-refractivity contribution in [2.24, 2.45) is 11.0 Å². The van der Waals surface area contributed by atoms with Crippen LogP contribution in [0.15, 0.2) is 23.5 Å². The van der Waals surface area contributed by atoms with Crippen molar-refractivity contribution in [1.82, 2.24) is 0 Å². The van der Waals surface area contributed by atoms with Crippen LogP contribution in [0, 0.1) is 0 Å². The van der Waals surface area contributed by atoms with E-state index in [0.29, 0.717) is 5.31 Å². The molecule has 10 heavy (non-hydrogen) atoms. The summed E-state index contributed by atoms with van der Waals surface area (Å²) in [5.74, 6) is 0. The average Bonchev–Trinajstić information content (AvgIpc) is 1.88. The SMILES string of the molecule is NP(N)(=O)C1=CC=CCC1. The summed E-state index contributed by atoms with van der Waals surface area (Å²) in [5, 5.41) is 0.690. The summed E-state index contributed by atoms with van der Waals surface area (Å²) in [6, 6.07) is 0. The van der Waals surface area contributed by atoms with Gasteiger partial charge in [0.2, 0.25) is 7.44 Å². The molecule has 0 aromatic rings. The molecule has 56 valence electrons. The van der Waals surface area contributed by atoms with Crippen molar-refractivity contribution in [2.45, 2.75) is 12.8 Å². The second-order valence-electron chi connectivity index (χ2n) is 2.33. The largest absolute Gasteiger partial charge is 0.285 e. The fourth-order valence-corrected chi connectivity index (χ4v) is 1.68. The molecular formula is C6H11N2OP. The van der Waals surface area contributed by atoms with E-state index in [0.717, 1.165) is 12.8 Å². The molecule has 1 aliphatic carbocycles. The van der Waals surface area contributed by atoms with Crippen molar-refractivity contribution in [3.05, 3.63) is 23.5 Å². The molecule has 0 heterocycles. The number of rotatable bonds is 1. The lowest BCUT2D eigenvalue weighted by atomic mass is 10.2. The summed E-state index contributed by atoms with van der Waals surface area (Å²) in [7, 11) is -2.93. The van der Waals surface area contributed by atoms with Crippen molar-refractivity contribution >= 4 is 7.44 Å². The Morgan fingerprint density at radius 3 is 2.50 bits per heavy atom. The first-order valence-electron chi connectivity index (χ1n) is 3.14. The predicted octanol–water partition coefficient (Wildman–Crippen LogP) is 1.33. The van der Waals surface area contributed by atoms with Gasteiger partial charge >= 0.3 is 0 Å². The summed E-state index contributed by atoms with van der Waals surface area (Å²) in [6.45, 7) is 0. The molecule has 1 aliphatic rings. The molecule has 3 nitrogen and oxygen atoms in total. The van der Waals surface area contributed by atoms with E-state index in [1.807, 2.05) is 12.2 Å². The van der Waals surface area contributed by atoms with Gasteiger partial charge in [0, 0.05) is 5.31 Å². The smallest absolute Gasteiger partial charge is 0.231 e. The Labute approximate surface area is 60.3 Å². The molecule has 0 aliphatic heterocycles. The van der Waals surface area contributed by atoms with Gasteiger partial charge in [0.25, 0.3) is 0 Å². The highest BCUT2D eigenvalue weighted by Crippen LogP contribution is 2.41.